The number of rotatable bonds is 5. The van der Waals surface area contributed by atoms with Gasteiger partial charge in [0.05, 0.1) is 10.4 Å². The van der Waals surface area contributed by atoms with Crippen molar-refractivity contribution in [3.8, 4) is 11.1 Å². The van der Waals surface area contributed by atoms with Gasteiger partial charge in [0.25, 0.3) is 11.2 Å². The summed E-state index contributed by atoms with van der Waals surface area (Å²) in [6, 6.07) is 11.1. The minimum Gasteiger partial charge on any atom is -0.320 e. The zero-order valence-corrected chi connectivity index (χ0v) is 22.0. The van der Waals surface area contributed by atoms with Gasteiger partial charge in [0, 0.05) is 34.0 Å². The topological polar surface area (TPSA) is 76.0 Å². The third-order valence-corrected chi connectivity index (χ3v) is 14.7. The summed E-state index contributed by atoms with van der Waals surface area (Å²) in [4.78, 5) is 28.5. The Morgan fingerprint density at radius 3 is 2.03 bits per heavy atom. The minimum absolute atomic E-state index is 0.0508. The van der Waals surface area contributed by atoms with E-state index < -0.39 is 6.04 Å². The molecule has 0 spiro atoms. The molecule has 2 aromatic carbocycles. The standard InChI is InChI=1S/C28H33N2O3PS/c1-19-17-24-23(18-25(19)30(32)33)26(20-11-5-2-6-12-20)28(29-27(24)31)34(35,21-13-7-3-8-14-21)22-15-9-4-10-16-22/h2,5-6,11-12,17-18,21-22H,3-4,7-10,13-16H2,1H3,(H,29,31). The summed E-state index contributed by atoms with van der Waals surface area (Å²) in [5.74, 6) is 0. The second-order valence-electron chi connectivity index (χ2n) is 10.3. The van der Waals surface area contributed by atoms with Crippen LogP contribution in [0.25, 0.3) is 21.9 Å². The number of H-pyrrole nitrogens is 1. The molecule has 35 heavy (non-hydrogen) atoms. The lowest BCUT2D eigenvalue weighted by Crippen LogP contribution is -2.34. The molecule has 2 saturated carbocycles. The number of hydrogen-bond donors (Lipinski definition) is 1. The van der Waals surface area contributed by atoms with E-state index in [0.29, 0.717) is 27.7 Å². The Morgan fingerprint density at radius 2 is 1.49 bits per heavy atom. The van der Waals surface area contributed by atoms with Crippen LogP contribution in [0.2, 0.25) is 0 Å². The van der Waals surface area contributed by atoms with Crippen molar-refractivity contribution in [2.75, 3.05) is 0 Å². The summed E-state index contributed by atoms with van der Waals surface area (Å²) < 4.78 is 0. The third kappa shape index (κ3) is 4.40. The van der Waals surface area contributed by atoms with E-state index in [2.05, 4.69) is 4.98 Å². The number of pyridine rings is 1. The van der Waals surface area contributed by atoms with E-state index in [-0.39, 0.29) is 16.2 Å². The number of nitrogens with one attached hydrogen (secondary N) is 1. The van der Waals surface area contributed by atoms with Gasteiger partial charge in [-0.3, -0.25) is 14.9 Å². The summed E-state index contributed by atoms with van der Waals surface area (Å²) in [6.07, 6.45) is 11.8. The zero-order valence-electron chi connectivity index (χ0n) is 20.3. The number of aryl methyl sites for hydroxylation is 1. The van der Waals surface area contributed by atoms with Crippen molar-refractivity contribution >= 4 is 39.7 Å². The first kappa shape index (κ1) is 24.4. The van der Waals surface area contributed by atoms with Crippen LogP contribution < -0.4 is 11.0 Å². The molecule has 184 valence electrons. The fraction of sp³-hybridized carbons (Fsp3) is 0.464. The number of nitro groups is 1. The lowest BCUT2D eigenvalue weighted by Gasteiger charge is -2.42. The first-order valence-corrected chi connectivity index (χ1v) is 15.9. The van der Waals surface area contributed by atoms with Gasteiger partial charge in [-0.25, -0.2) is 0 Å². The Hall–Kier alpha value is -2.30. The molecule has 5 rings (SSSR count). The van der Waals surface area contributed by atoms with Gasteiger partial charge in [0.2, 0.25) is 0 Å². The molecule has 2 fully saturated rings. The molecule has 1 N–H and O–H groups in total. The lowest BCUT2D eigenvalue weighted by molar-refractivity contribution is -0.385. The molecule has 5 nitrogen and oxygen atoms in total. The van der Waals surface area contributed by atoms with Crippen LogP contribution in [-0.4, -0.2) is 21.2 Å². The second-order valence-corrected chi connectivity index (χ2v) is 15.4. The molecule has 1 aromatic heterocycles. The van der Waals surface area contributed by atoms with Crippen LogP contribution in [0, 0.1) is 17.0 Å². The molecule has 0 radical (unpaired) electrons. The van der Waals surface area contributed by atoms with Crippen molar-refractivity contribution < 1.29 is 4.92 Å². The number of aromatic nitrogens is 1. The van der Waals surface area contributed by atoms with Gasteiger partial charge in [-0.05, 0) is 55.6 Å². The molecule has 0 atom stereocenters. The Morgan fingerprint density at radius 1 is 0.914 bits per heavy atom. The van der Waals surface area contributed by atoms with Gasteiger partial charge in [-0.1, -0.05) is 80.7 Å². The summed E-state index contributed by atoms with van der Waals surface area (Å²) in [5, 5.41) is 13.0. The Bertz CT molecular complexity index is 1330. The number of benzene rings is 2. The Kier molecular flexibility index (Phi) is 6.96. The third-order valence-electron chi connectivity index (χ3n) is 8.16. The molecule has 3 aromatic rings. The summed E-state index contributed by atoms with van der Waals surface area (Å²) in [7, 11) is 0. The quantitative estimate of drug-likeness (QED) is 0.225. The number of nitrogens with zero attached hydrogens (tertiary/aromatic N) is 1. The van der Waals surface area contributed by atoms with Gasteiger partial charge in [-0.2, -0.15) is 0 Å². The molecule has 0 bridgehead atoms. The monoisotopic (exact) mass is 508 g/mol. The van der Waals surface area contributed by atoms with Crippen LogP contribution in [0.15, 0.2) is 47.3 Å². The molecule has 0 aliphatic heterocycles. The maximum atomic E-state index is 13.6. The van der Waals surface area contributed by atoms with Crippen molar-refractivity contribution in [1.29, 1.82) is 0 Å². The lowest BCUT2D eigenvalue weighted by atomic mass is 9.98. The Balaban J connectivity index is 1.87. The van der Waals surface area contributed by atoms with Crippen LogP contribution in [0.3, 0.4) is 0 Å². The fourth-order valence-electron chi connectivity index (χ4n) is 6.40. The molecular weight excluding hydrogens is 475 g/mol. The van der Waals surface area contributed by atoms with Crippen LogP contribution in [0.5, 0.6) is 0 Å². The first-order chi connectivity index (χ1) is 16.9. The molecule has 1 heterocycles. The van der Waals surface area contributed by atoms with E-state index >= 15 is 0 Å². The van der Waals surface area contributed by atoms with Crippen molar-refractivity contribution in [2.24, 2.45) is 0 Å². The highest BCUT2D eigenvalue weighted by atomic mass is 32.4. The van der Waals surface area contributed by atoms with Crippen LogP contribution in [0.4, 0.5) is 5.69 Å². The van der Waals surface area contributed by atoms with Crippen LogP contribution in [0.1, 0.15) is 69.8 Å². The largest absolute Gasteiger partial charge is 0.320 e. The van der Waals surface area contributed by atoms with Gasteiger partial charge >= 0.3 is 0 Å². The average molecular weight is 509 g/mol. The van der Waals surface area contributed by atoms with Crippen molar-refractivity contribution in [2.45, 2.75) is 82.4 Å². The predicted molar refractivity (Wildman–Crippen MR) is 149 cm³/mol. The SMILES string of the molecule is Cc1cc2c(=O)[nH]c(P(=S)(C3CCCCC3)C3CCCCC3)c(-c3ccccc3)c2cc1[N+](=O)[O-]. The van der Waals surface area contributed by atoms with Gasteiger partial charge in [-0.15, -0.1) is 0 Å². The van der Waals surface area contributed by atoms with Crippen LogP contribution in [-0.2, 0) is 11.8 Å². The molecule has 2 aliphatic carbocycles. The summed E-state index contributed by atoms with van der Waals surface area (Å²) in [5.41, 5.74) is 4.04. The molecule has 7 heteroatoms. The van der Waals surface area contributed by atoms with E-state index in [1.807, 2.05) is 30.3 Å². The zero-order chi connectivity index (χ0) is 24.6. The minimum atomic E-state index is -2.20. The fourth-order valence-corrected chi connectivity index (χ4v) is 12.5. The highest BCUT2D eigenvalue weighted by Gasteiger charge is 2.41. The predicted octanol–water partition coefficient (Wildman–Crippen LogP) is 7.18. The number of nitro benzene ring substituents is 1. The van der Waals surface area contributed by atoms with Crippen molar-refractivity contribution in [3.05, 3.63) is 68.5 Å². The van der Waals surface area contributed by atoms with E-state index in [0.717, 1.165) is 42.2 Å². The first-order valence-electron chi connectivity index (χ1n) is 12.9. The maximum Gasteiger partial charge on any atom is 0.272 e. The average Bonchev–Trinajstić information content (AvgIpc) is 2.89. The Labute approximate surface area is 211 Å². The highest BCUT2D eigenvalue weighted by Crippen LogP contribution is 2.63. The van der Waals surface area contributed by atoms with E-state index in [1.54, 1.807) is 19.1 Å². The highest BCUT2D eigenvalue weighted by molar-refractivity contribution is 8.19. The summed E-state index contributed by atoms with van der Waals surface area (Å²) in [6.45, 7) is 1.70. The van der Waals surface area contributed by atoms with Crippen molar-refractivity contribution in [3.63, 3.8) is 0 Å². The second kappa shape index (κ2) is 9.99. The molecule has 2 aliphatic rings. The van der Waals surface area contributed by atoms with E-state index in [4.69, 9.17) is 11.8 Å². The van der Waals surface area contributed by atoms with Gasteiger partial charge in [0.15, 0.2) is 0 Å². The molecular formula is C28H33N2O3PS. The number of aromatic amines is 1. The van der Waals surface area contributed by atoms with Gasteiger partial charge < -0.3 is 4.98 Å². The smallest absolute Gasteiger partial charge is 0.272 e. The van der Waals surface area contributed by atoms with E-state index in [9.17, 15) is 14.9 Å². The normalized spacial score (nSPS) is 18.1. The van der Waals surface area contributed by atoms with Gasteiger partial charge in [0.1, 0.15) is 0 Å². The number of fused-ring (bicyclic) bond motifs is 1. The molecule has 0 unspecified atom stereocenters. The maximum absolute atomic E-state index is 13.6. The molecule has 0 saturated heterocycles. The van der Waals surface area contributed by atoms with E-state index in [1.165, 1.54) is 38.5 Å². The molecule has 0 amide bonds. The summed E-state index contributed by atoms with van der Waals surface area (Å²) >= 11 is 6.84. The van der Waals surface area contributed by atoms with Crippen molar-refractivity contribution in [1.82, 2.24) is 4.98 Å². The van der Waals surface area contributed by atoms with Crippen LogP contribution >= 0.6 is 6.04 Å². The number of hydrogen-bond acceptors (Lipinski definition) is 4.